The maximum Gasteiger partial charge on any atom is 0.255 e. The third-order valence-corrected chi connectivity index (χ3v) is 9.37. The van der Waals surface area contributed by atoms with E-state index in [1.165, 1.54) is 26.4 Å². The van der Waals surface area contributed by atoms with Gasteiger partial charge in [-0.05, 0) is 80.8 Å². The molecule has 0 aliphatic carbocycles. The zero-order valence-electron chi connectivity index (χ0n) is 35.5. The molecule has 2 aromatic rings. The summed E-state index contributed by atoms with van der Waals surface area (Å²) in [5.74, 6) is -2.19. The Bertz CT molecular complexity index is 1920. The Labute approximate surface area is 356 Å². The minimum Gasteiger partial charge on any atom is -0.496 e. The molecule has 2 rings (SSSR count). The molecule has 61 heavy (non-hydrogen) atoms. The monoisotopic (exact) mass is 850 g/mol. The van der Waals surface area contributed by atoms with Crippen LogP contribution in [0.15, 0.2) is 51.4 Å². The van der Waals surface area contributed by atoms with Gasteiger partial charge in [0.2, 0.25) is 5.91 Å². The largest absolute Gasteiger partial charge is 0.496 e. The molecule has 0 unspecified atom stereocenters. The van der Waals surface area contributed by atoms with E-state index in [0.29, 0.717) is 49.8 Å². The Morgan fingerprint density at radius 2 is 1.02 bits per heavy atom. The molecule has 0 saturated carbocycles. The number of carbonyl (C=O) groups excluding carboxylic acids is 6. The number of benzene rings is 2. The van der Waals surface area contributed by atoms with E-state index in [0.717, 1.165) is 0 Å². The van der Waals surface area contributed by atoms with E-state index in [1.54, 1.807) is 38.1 Å². The molecule has 2 aromatic carbocycles. The number of nitrogens with one attached hydrogen (secondary N) is 3. The van der Waals surface area contributed by atoms with Crippen molar-refractivity contribution in [3.05, 3.63) is 58.7 Å². The normalized spacial score (nSPS) is 12.1. The summed E-state index contributed by atoms with van der Waals surface area (Å²) in [4.78, 5) is 91.5. The van der Waals surface area contributed by atoms with Gasteiger partial charge in [-0.2, -0.15) is 0 Å². The first-order chi connectivity index (χ1) is 29.0. The summed E-state index contributed by atoms with van der Waals surface area (Å²) in [5.41, 5.74) is 33.5. The Kier molecular flexibility index (Phi) is 21.8. The predicted molar refractivity (Wildman–Crippen MR) is 233 cm³/mol. The lowest BCUT2D eigenvalue weighted by Crippen LogP contribution is -2.42. The number of ketones is 3. The number of methoxy groups -OCH3 is 2. The van der Waals surface area contributed by atoms with Crippen molar-refractivity contribution >= 4 is 52.9 Å². The highest BCUT2D eigenvalue weighted by Gasteiger charge is 2.26. The van der Waals surface area contributed by atoms with E-state index in [1.807, 2.05) is 0 Å². The van der Waals surface area contributed by atoms with Gasteiger partial charge < -0.3 is 59.8 Å². The van der Waals surface area contributed by atoms with Crippen LogP contribution >= 0.6 is 0 Å². The van der Waals surface area contributed by atoms with E-state index < -0.39 is 29.9 Å². The van der Waals surface area contributed by atoms with E-state index in [4.69, 9.17) is 43.9 Å². The number of amides is 3. The summed E-state index contributed by atoms with van der Waals surface area (Å²) in [5, 5.41) is 8.28. The van der Waals surface area contributed by atoms with Crippen molar-refractivity contribution in [2.75, 3.05) is 33.9 Å². The Morgan fingerprint density at radius 1 is 0.590 bits per heavy atom. The number of rotatable bonds is 28. The van der Waals surface area contributed by atoms with Gasteiger partial charge in [-0.15, -0.1) is 0 Å². The molecular weight excluding hydrogens is 789 g/mol. The van der Waals surface area contributed by atoms with Crippen LogP contribution in [0.5, 0.6) is 11.5 Å². The van der Waals surface area contributed by atoms with Crippen molar-refractivity contribution in [1.82, 2.24) is 16.0 Å². The van der Waals surface area contributed by atoms with Crippen LogP contribution < -0.4 is 59.8 Å². The highest BCUT2D eigenvalue weighted by atomic mass is 16.5. The van der Waals surface area contributed by atoms with Crippen molar-refractivity contribution < 1.29 is 38.2 Å². The number of hydrogen-bond donors (Lipinski definition) is 9. The van der Waals surface area contributed by atoms with Crippen molar-refractivity contribution in [3.63, 3.8) is 0 Å². The second kappa shape index (κ2) is 26.4. The van der Waals surface area contributed by atoms with Crippen molar-refractivity contribution in [2.24, 2.45) is 49.4 Å². The smallest absolute Gasteiger partial charge is 0.255 e. The first-order valence-electron chi connectivity index (χ1n) is 20.0. The molecule has 0 bridgehead atoms. The minimum atomic E-state index is -1.04. The zero-order chi connectivity index (χ0) is 45.5. The zero-order valence-corrected chi connectivity index (χ0v) is 35.5. The van der Waals surface area contributed by atoms with Gasteiger partial charge in [0, 0.05) is 45.3 Å². The molecule has 0 saturated heterocycles. The molecule has 20 nitrogen and oxygen atoms in total. The number of hydrogen-bond acceptors (Lipinski definition) is 11. The number of carbonyl (C=O) groups is 6. The van der Waals surface area contributed by atoms with Gasteiger partial charge in [-0.1, -0.05) is 19.1 Å². The van der Waals surface area contributed by atoms with Gasteiger partial charge in [0.15, 0.2) is 35.2 Å². The number of ether oxygens (including phenoxy) is 2. The second-order valence-electron chi connectivity index (χ2n) is 14.2. The highest BCUT2D eigenvalue weighted by Crippen LogP contribution is 2.23. The molecule has 0 aromatic heterocycles. The van der Waals surface area contributed by atoms with E-state index in [-0.39, 0.29) is 109 Å². The van der Waals surface area contributed by atoms with Crippen LogP contribution in [0.3, 0.4) is 0 Å². The molecule has 15 N–H and O–H groups in total. The lowest BCUT2D eigenvalue weighted by molar-refractivity contribution is -0.127. The van der Waals surface area contributed by atoms with Crippen LogP contribution in [0.1, 0.15) is 97.1 Å². The average Bonchev–Trinajstić information content (AvgIpc) is 3.21. The summed E-state index contributed by atoms with van der Waals surface area (Å²) in [6.45, 7) is 4.13. The second-order valence-corrected chi connectivity index (χ2v) is 14.2. The first-order valence-corrected chi connectivity index (χ1v) is 20.0. The van der Waals surface area contributed by atoms with Gasteiger partial charge >= 0.3 is 0 Å². The molecule has 0 spiro atoms. The highest BCUT2D eigenvalue weighted by molar-refractivity contribution is 6.02. The van der Waals surface area contributed by atoms with Crippen LogP contribution in [0.2, 0.25) is 0 Å². The third kappa shape index (κ3) is 18.4. The summed E-state index contributed by atoms with van der Waals surface area (Å²) in [6.07, 6.45) is 2.42. The standard InChI is InChI=1S/C41H62N12O8/c1-5-31(54)29(10-8-18-49-40(44)45)52-37(58)28-21-26(14-16-35(28)61-4)23-33(56)30(11-9-19-50-41(46)47)53-38(59)27-20-25(13-15-34(27)60-3)22-32(55)24(2)51-36(57)12-6-7-17-48-39(42)43/h13-16,20-21,24,29-30H,5-12,17-19,22-23H2,1-4H3,(H,51,57)(H,52,58)(H,53,59)(H4,42,43,48)(H4,44,45,49)(H4,46,47,50)/t24-,29-,30-/m0/s1. The van der Waals surface area contributed by atoms with E-state index in [2.05, 4.69) is 30.9 Å². The summed E-state index contributed by atoms with van der Waals surface area (Å²) >= 11 is 0. The number of Topliss-reactive ketones (excluding diaryl/α,β-unsaturated/α-hetero) is 3. The van der Waals surface area contributed by atoms with Crippen molar-refractivity contribution in [1.29, 1.82) is 0 Å². The van der Waals surface area contributed by atoms with E-state index in [9.17, 15) is 28.8 Å². The molecular formula is C41H62N12O8. The Hall–Kier alpha value is -6.73. The Morgan fingerprint density at radius 3 is 1.44 bits per heavy atom. The fourth-order valence-corrected chi connectivity index (χ4v) is 6.12. The fraction of sp³-hybridized carbons (Fsp3) is 0.488. The van der Waals surface area contributed by atoms with E-state index >= 15 is 0 Å². The molecule has 0 aliphatic rings. The van der Waals surface area contributed by atoms with Gasteiger partial charge in [-0.3, -0.25) is 43.7 Å². The lowest BCUT2D eigenvalue weighted by Gasteiger charge is -2.20. The summed E-state index contributed by atoms with van der Waals surface area (Å²) in [7, 11) is 2.78. The van der Waals surface area contributed by atoms with Gasteiger partial charge in [0.05, 0.1) is 43.5 Å². The third-order valence-electron chi connectivity index (χ3n) is 9.37. The molecule has 3 atom stereocenters. The van der Waals surface area contributed by atoms with Crippen LogP contribution in [0, 0.1) is 0 Å². The van der Waals surface area contributed by atoms with Crippen molar-refractivity contribution in [3.8, 4) is 11.5 Å². The number of guanidine groups is 3. The van der Waals surface area contributed by atoms with Gasteiger partial charge in [0.25, 0.3) is 11.8 Å². The predicted octanol–water partition coefficient (Wildman–Crippen LogP) is -0.141. The average molecular weight is 851 g/mol. The first kappa shape index (κ1) is 50.4. The topological polar surface area (TPSA) is 350 Å². The maximum absolute atomic E-state index is 14.0. The van der Waals surface area contributed by atoms with Crippen LogP contribution in [0.4, 0.5) is 0 Å². The minimum absolute atomic E-state index is 0.0224. The number of unbranched alkanes of at least 4 members (excludes halogenated alkanes) is 1. The summed E-state index contributed by atoms with van der Waals surface area (Å²) < 4.78 is 10.9. The lowest BCUT2D eigenvalue weighted by atomic mass is 9.97. The van der Waals surface area contributed by atoms with Gasteiger partial charge in [-0.25, -0.2) is 0 Å². The number of nitrogens with zero attached hydrogens (tertiary/aromatic N) is 3. The van der Waals surface area contributed by atoms with Crippen molar-refractivity contribution in [2.45, 2.75) is 96.2 Å². The fourth-order valence-electron chi connectivity index (χ4n) is 6.12. The molecule has 3 amide bonds. The quantitative estimate of drug-likeness (QED) is 0.0306. The molecule has 0 fully saturated rings. The molecule has 20 heteroatoms. The molecule has 0 radical (unpaired) electrons. The molecule has 334 valence electrons. The SMILES string of the molecule is CCC(=O)[C@H](CCCN=C(N)N)NC(=O)c1cc(CC(=O)[C@H](CCCN=C(N)N)NC(=O)c2cc(CC(=O)[C@H](C)NC(=O)CCCCN=C(N)N)ccc2OC)ccc1OC. The van der Waals surface area contributed by atoms with Crippen LogP contribution in [0.25, 0.3) is 0 Å². The Balaban J connectivity index is 2.28. The van der Waals surface area contributed by atoms with Crippen LogP contribution in [-0.2, 0) is 32.0 Å². The number of nitrogens with two attached hydrogens (primary N) is 6. The molecule has 0 heterocycles. The molecule has 0 aliphatic heterocycles. The maximum atomic E-state index is 14.0. The summed E-state index contributed by atoms with van der Waals surface area (Å²) in [6, 6.07) is 6.68. The number of aliphatic imine (C=N–C) groups is 3. The van der Waals surface area contributed by atoms with Crippen LogP contribution in [-0.4, -0.2) is 105 Å². The van der Waals surface area contributed by atoms with Gasteiger partial charge in [0.1, 0.15) is 11.5 Å².